The van der Waals surface area contributed by atoms with Gasteiger partial charge in [-0.25, -0.2) is 4.98 Å². The van der Waals surface area contributed by atoms with Crippen molar-refractivity contribution in [3.63, 3.8) is 0 Å². The summed E-state index contributed by atoms with van der Waals surface area (Å²) < 4.78 is 8.36. The van der Waals surface area contributed by atoms with Gasteiger partial charge in [-0.05, 0) is 152 Å². The van der Waals surface area contributed by atoms with Crippen LogP contribution in [0, 0.1) is 0 Å². The topological polar surface area (TPSA) is 31.0 Å². The van der Waals surface area contributed by atoms with Crippen LogP contribution in [0.1, 0.15) is 0 Å². The first-order valence-corrected chi connectivity index (χ1v) is 21.1. The van der Waals surface area contributed by atoms with E-state index in [4.69, 9.17) is 4.42 Å². The van der Waals surface area contributed by atoms with E-state index in [1.54, 1.807) is 6.20 Å². The number of nitrogens with zero attached hydrogens (tertiary/aromatic N) is 2. The number of hydrogen-bond acceptors (Lipinski definition) is 2. The second kappa shape index (κ2) is 14.8. The molecule has 3 nitrogen and oxygen atoms in total. The summed E-state index contributed by atoms with van der Waals surface area (Å²) in [5, 5.41) is 4.62. The molecule has 9 aromatic carbocycles. The molecule has 0 atom stereocenters. The van der Waals surface area contributed by atoms with Crippen LogP contribution in [0.5, 0.6) is 0 Å². The lowest BCUT2D eigenvalue weighted by molar-refractivity contribution is 0.654. The van der Waals surface area contributed by atoms with Crippen molar-refractivity contribution in [3.8, 4) is 72.4 Å². The van der Waals surface area contributed by atoms with Crippen molar-refractivity contribution >= 4 is 43.9 Å². The fourth-order valence-corrected chi connectivity index (χ4v) is 9.19. The molecule has 3 heteroatoms. The van der Waals surface area contributed by atoms with E-state index in [9.17, 15) is 0 Å². The highest BCUT2D eigenvalue weighted by Gasteiger charge is 2.15. The Morgan fingerprint density at radius 2 is 0.710 bits per heavy atom. The first-order valence-electron chi connectivity index (χ1n) is 21.1. The van der Waals surface area contributed by atoms with Crippen molar-refractivity contribution in [3.05, 3.63) is 231 Å². The molecule has 0 saturated heterocycles. The molecule has 3 aromatic heterocycles. The van der Waals surface area contributed by atoms with Crippen LogP contribution >= 0.6 is 0 Å². The maximum atomic E-state index is 5.99. The lowest BCUT2D eigenvalue weighted by Crippen LogP contribution is -1.92. The number of para-hydroxylation sites is 2. The van der Waals surface area contributed by atoms with E-state index >= 15 is 0 Å². The summed E-state index contributed by atoms with van der Waals surface area (Å²) in [6.07, 6.45) is 1.77. The summed E-state index contributed by atoms with van der Waals surface area (Å²) >= 11 is 0. The van der Waals surface area contributed by atoms with Crippen LogP contribution in [-0.4, -0.2) is 9.55 Å². The van der Waals surface area contributed by atoms with Gasteiger partial charge in [-0.2, -0.15) is 0 Å². The van der Waals surface area contributed by atoms with Gasteiger partial charge in [0.1, 0.15) is 5.58 Å². The van der Waals surface area contributed by atoms with E-state index in [1.165, 1.54) is 83.1 Å². The molecule has 0 amide bonds. The van der Waals surface area contributed by atoms with Crippen LogP contribution in [0.15, 0.2) is 235 Å². The Bertz CT molecular complexity index is 3650. The van der Waals surface area contributed by atoms with Gasteiger partial charge in [0.05, 0.1) is 11.0 Å². The smallest absolute Gasteiger partial charge is 0.227 e. The fraction of sp³-hybridized carbons (Fsp3) is 0. The van der Waals surface area contributed by atoms with Crippen molar-refractivity contribution in [2.75, 3.05) is 0 Å². The minimum Gasteiger partial charge on any atom is -0.438 e. The van der Waals surface area contributed by atoms with Gasteiger partial charge in [-0.1, -0.05) is 140 Å². The molecule has 12 rings (SSSR count). The van der Waals surface area contributed by atoms with E-state index in [0.29, 0.717) is 5.71 Å². The first kappa shape index (κ1) is 35.7. The van der Waals surface area contributed by atoms with Crippen molar-refractivity contribution in [1.29, 1.82) is 0 Å². The van der Waals surface area contributed by atoms with E-state index in [1.807, 2.05) is 12.1 Å². The van der Waals surface area contributed by atoms with Crippen LogP contribution in [0.25, 0.3) is 116 Å². The molecule has 62 heavy (non-hydrogen) atoms. The summed E-state index contributed by atoms with van der Waals surface area (Å²) in [6, 6.07) is 81.0. The number of fused-ring (bicyclic) bond motifs is 6. The highest BCUT2D eigenvalue weighted by atomic mass is 16.3. The second-order valence-electron chi connectivity index (χ2n) is 16.0. The predicted molar refractivity (Wildman–Crippen MR) is 258 cm³/mol. The third-order valence-corrected chi connectivity index (χ3v) is 12.2. The average Bonchev–Trinajstić information content (AvgIpc) is 3.90. The Morgan fingerprint density at radius 1 is 0.290 bits per heavy atom. The van der Waals surface area contributed by atoms with Crippen molar-refractivity contribution < 1.29 is 4.42 Å². The Kier molecular flexibility index (Phi) is 8.50. The molecular formula is C59H38N2O. The summed E-state index contributed by atoms with van der Waals surface area (Å²) in [6.45, 7) is 0. The number of benzene rings is 9. The van der Waals surface area contributed by atoms with Crippen LogP contribution in [0.2, 0.25) is 0 Å². The van der Waals surface area contributed by atoms with Crippen LogP contribution in [0.4, 0.5) is 0 Å². The molecule has 3 heterocycles. The van der Waals surface area contributed by atoms with Gasteiger partial charge < -0.3 is 8.98 Å². The SMILES string of the molecule is c1ccc(-n2c3ccccc3c3cc(-c4cccc(-c5cccc(-c6cccc(-c7cccc(-c8cccc(-c9ccc%10oc%11ncccc%11c%10c9)c8)c7)c6)c5)c4)ccc32)cc1. The van der Waals surface area contributed by atoms with Crippen LogP contribution < -0.4 is 0 Å². The number of aromatic nitrogens is 2. The van der Waals surface area contributed by atoms with Gasteiger partial charge in [-0.3, -0.25) is 0 Å². The highest BCUT2D eigenvalue weighted by molar-refractivity contribution is 6.10. The minimum atomic E-state index is 0.668. The monoisotopic (exact) mass is 790 g/mol. The summed E-state index contributed by atoms with van der Waals surface area (Å²) in [5.41, 5.74) is 19.3. The molecule has 0 bridgehead atoms. The molecule has 12 aromatic rings. The molecule has 290 valence electrons. The van der Waals surface area contributed by atoms with E-state index in [0.717, 1.165) is 27.5 Å². The lowest BCUT2D eigenvalue weighted by Gasteiger charge is -2.11. The maximum Gasteiger partial charge on any atom is 0.227 e. The zero-order chi connectivity index (χ0) is 41.0. The first-order chi connectivity index (χ1) is 30.7. The zero-order valence-electron chi connectivity index (χ0n) is 33.7. The molecule has 0 fully saturated rings. The van der Waals surface area contributed by atoms with E-state index < -0.39 is 0 Å². The van der Waals surface area contributed by atoms with Crippen LogP contribution in [0.3, 0.4) is 0 Å². The third kappa shape index (κ3) is 6.27. The van der Waals surface area contributed by atoms with E-state index in [-0.39, 0.29) is 0 Å². The molecule has 0 radical (unpaired) electrons. The molecule has 0 aliphatic heterocycles. The average molecular weight is 791 g/mol. The molecule has 0 saturated carbocycles. The fourth-order valence-electron chi connectivity index (χ4n) is 9.19. The summed E-state index contributed by atoms with van der Waals surface area (Å²) in [7, 11) is 0. The Hall–Kier alpha value is -8.27. The largest absolute Gasteiger partial charge is 0.438 e. The van der Waals surface area contributed by atoms with Gasteiger partial charge in [-0.15, -0.1) is 0 Å². The van der Waals surface area contributed by atoms with Gasteiger partial charge >= 0.3 is 0 Å². The van der Waals surface area contributed by atoms with Gasteiger partial charge in [0.25, 0.3) is 0 Å². The number of rotatable bonds is 7. The lowest BCUT2D eigenvalue weighted by atomic mass is 9.93. The zero-order valence-corrected chi connectivity index (χ0v) is 33.7. The number of pyridine rings is 1. The third-order valence-electron chi connectivity index (χ3n) is 12.2. The van der Waals surface area contributed by atoms with Crippen molar-refractivity contribution in [1.82, 2.24) is 9.55 Å². The van der Waals surface area contributed by atoms with Crippen molar-refractivity contribution in [2.24, 2.45) is 0 Å². The second-order valence-corrected chi connectivity index (χ2v) is 16.0. The highest BCUT2D eigenvalue weighted by Crippen LogP contribution is 2.38. The molecule has 0 aliphatic carbocycles. The summed E-state index contributed by atoms with van der Waals surface area (Å²) in [5.74, 6) is 0. The Morgan fingerprint density at radius 3 is 1.24 bits per heavy atom. The molecular weight excluding hydrogens is 753 g/mol. The van der Waals surface area contributed by atoms with Crippen LogP contribution in [-0.2, 0) is 0 Å². The minimum absolute atomic E-state index is 0.668. The summed E-state index contributed by atoms with van der Waals surface area (Å²) in [4.78, 5) is 4.41. The quantitative estimate of drug-likeness (QED) is 0.161. The Labute approximate surface area is 359 Å². The van der Waals surface area contributed by atoms with Crippen molar-refractivity contribution in [2.45, 2.75) is 0 Å². The van der Waals surface area contributed by atoms with E-state index in [2.05, 4.69) is 222 Å². The predicted octanol–water partition coefficient (Wildman–Crippen LogP) is 16.1. The number of furan rings is 1. The molecule has 0 aliphatic rings. The maximum absolute atomic E-state index is 5.99. The normalized spacial score (nSPS) is 11.5. The molecule has 0 unspecified atom stereocenters. The number of hydrogen-bond donors (Lipinski definition) is 0. The van der Waals surface area contributed by atoms with Gasteiger partial charge in [0, 0.05) is 33.4 Å². The Balaban J connectivity index is 0.839. The van der Waals surface area contributed by atoms with Gasteiger partial charge in [0.15, 0.2) is 0 Å². The molecule has 0 spiro atoms. The standard InChI is InChI=1S/C59H38N2O/c1-2-22-51(23-3-1)61-56-26-5-4-24-52(56)54-37-49(27-29-57(54)61)47-20-9-18-45(35-47)43-16-7-14-41(33-43)39-12-6-13-40(32-39)42-15-8-17-44(34-42)46-19-10-21-48(36-46)50-28-30-58-55(38-50)53-25-11-31-60-59(53)62-58/h1-38H. The van der Waals surface area contributed by atoms with Gasteiger partial charge in [0.2, 0.25) is 5.71 Å². The molecule has 0 N–H and O–H groups in total.